The molecule has 0 saturated carbocycles. The summed E-state index contributed by atoms with van der Waals surface area (Å²) in [5, 5.41) is 29.1. The highest BCUT2D eigenvalue weighted by molar-refractivity contribution is 5.79. The molecule has 3 aromatic rings. The molecule has 0 aliphatic carbocycles. The molecular weight excluding hydrogens is 433 g/mol. The zero-order valence-electron chi connectivity index (χ0n) is 19.6. The molecule has 0 bridgehead atoms. The molecule has 0 unspecified atom stereocenters. The molecule has 178 valence electrons. The van der Waals surface area contributed by atoms with Crippen LogP contribution in [0.2, 0.25) is 0 Å². The molecule has 1 heterocycles. The summed E-state index contributed by atoms with van der Waals surface area (Å²) >= 11 is 0. The predicted octanol–water partition coefficient (Wildman–Crippen LogP) is 5.59. The van der Waals surface area contributed by atoms with E-state index in [0.29, 0.717) is 5.69 Å². The van der Waals surface area contributed by atoms with E-state index in [9.17, 15) is 19.4 Å². The highest BCUT2D eigenvalue weighted by atomic mass is 19.1. The van der Waals surface area contributed by atoms with E-state index in [2.05, 4.69) is 13.8 Å². The van der Waals surface area contributed by atoms with Gasteiger partial charge in [0, 0.05) is 23.1 Å². The third-order valence-corrected chi connectivity index (χ3v) is 5.63. The number of aliphatic hydroxyl groups is 2. The van der Waals surface area contributed by atoms with E-state index in [4.69, 9.17) is 10.1 Å². The number of pyridine rings is 1. The van der Waals surface area contributed by atoms with Gasteiger partial charge in [-0.05, 0) is 48.2 Å². The predicted molar refractivity (Wildman–Crippen MR) is 132 cm³/mol. The van der Waals surface area contributed by atoms with Crippen molar-refractivity contribution in [2.24, 2.45) is 0 Å². The first-order valence-corrected chi connectivity index (χ1v) is 11.3. The Labute approximate surface area is 199 Å². The molecule has 0 aliphatic heterocycles. The van der Waals surface area contributed by atoms with Crippen LogP contribution in [-0.4, -0.2) is 38.5 Å². The van der Waals surface area contributed by atoms with E-state index < -0.39 is 24.6 Å². The van der Waals surface area contributed by atoms with Crippen molar-refractivity contribution in [3.8, 4) is 22.5 Å². The number of carbonyl (C=O) groups is 1. The molecule has 0 radical (unpaired) electrons. The van der Waals surface area contributed by atoms with Gasteiger partial charge in [-0.15, -0.1) is 0 Å². The van der Waals surface area contributed by atoms with Gasteiger partial charge in [-0.3, -0.25) is 4.79 Å². The standard InChI is InChI=1S/C28H30FNO4/c1-17(2)25-16-26(19-7-5-4-6-8-19)30-28(23-11-9-20(29)13-18(23)3)24(25)12-10-21(31)14-22(32)15-27(33)34/h4-13,16-17,21-22,31-32H,14-15H2,1-3H3,(H,33,34)/t21-,22-/m1/s1. The van der Waals surface area contributed by atoms with Gasteiger partial charge >= 0.3 is 5.97 Å². The van der Waals surface area contributed by atoms with Crippen molar-refractivity contribution >= 4 is 12.0 Å². The van der Waals surface area contributed by atoms with Gasteiger partial charge in [-0.1, -0.05) is 56.3 Å². The second kappa shape index (κ2) is 11.2. The van der Waals surface area contributed by atoms with Gasteiger partial charge in [0.15, 0.2) is 0 Å². The van der Waals surface area contributed by atoms with Gasteiger partial charge < -0.3 is 15.3 Å². The molecule has 2 atom stereocenters. The summed E-state index contributed by atoms with van der Waals surface area (Å²) in [7, 11) is 0. The highest BCUT2D eigenvalue weighted by Gasteiger charge is 2.19. The maximum absolute atomic E-state index is 13.8. The Bertz CT molecular complexity index is 1170. The number of benzene rings is 2. The minimum atomic E-state index is -1.15. The van der Waals surface area contributed by atoms with Crippen molar-refractivity contribution in [2.75, 3.05) is 0 Å². The molecule has 34 heavy (non-hydrogen) atoms. The lowest BCUT2D eigenvalue weighted by Crippen LogP contribution is -2.19. The van der Waals surface area contributed by atoms with Crippen LogP contribution >= 0.6 is 0 Å². The molecule has 2 aromatic carbocycles. The van der Waals surface area contributed by atoms with Crippen molar-refractivity contribution in [3.63, 3.8) is 0 Å². The first-order chi connectivity index (χ1) is 16.2. The van der Waals surface area contributed by atoms with E-state index in [1.165, 1.54) is 12.1 Å². The molecule has 0 saturated heterocycles. The first kappa shape index (κ1) is 25.3. The number of hydrogen-bond donors (Lipinski definition) is 3. The number of nitrogens with zero attached hydrogens (tertiary/aromatic N) is 1. The van der Waals surface area contributed by atoms with Crippen molar-refractivity contribution in [1.82, 2.24) is 4.98 Å². The number of hydrogen-bond acceptors (Lipinski definition) is 4. The fourth-order valence-electron chi connectivity index (χ4n) is 3.93. The maximum atomic E-state index is 13.8. The van der Waals surface area contributed by atoms with Crippen molar-refractivity contribution in [1.29, 1.82) is 0 Å². The lowest BCUT2D eigenvalue weighted by Gasteiger charge is -2.19. The lowest BCUT2D eigenvalue weighted by molar-refractivity contribution is -0.139. The number of carboxylic acid groups (broad SMARTS) is 1. The van der Waals surface area contributed by atoms with Gasteiger partial charge in [0.1, 0.15) is 5.82 Å². The summed E-state index contributed by atoms with van der Waals surface area (Å²) < 4.78 is 13.8. The number of rotatable bonds is 9. The van der Waals surface area contributed by atoms with Crippen molar-refractivity contribution in [3.05, 3.63) is 83.2 Å². The van der Waals surface area contributed by atoms with Crippen LogP contribution < -0.4 is 0 Å². The van der Waals surface area contributed by atoms with E-state index >= 15 is 0 Å². The molecule has 1 aromatic heterocycles. The second-order valence-corrected chi connectivity index (χ2v) is 8.75. The average molecular weight is 464 g/mol. The molecule has 6 heteroatoms. The van der Waals surface area contributed by atoms with E-state index in [0.717, 1.165) is 33.5 Å². The molecule has 0 spiro atoms. The van der Waals surface area contributed by atoms with Crippen LogP contribution in [0, 0.1) is 12.7 Å². The monoisotopic (exact) mass is 463 g/mol. The maximum Gasteiger partial charge on any atom is 0.305 e. The lowest BCUT2D eigenvalue weighted by atomic mass is 9.90. The number of aromatic nitrogens is 1. The van der Waals surface area contributed by atoms with E-state index in [-0.39, 0.29) is 18.2 Å². The molecule has 3 N–H and O–H groups in total. The SMILES string of the molecule is Cc1cc(F)ccc1-c1nc(-c2ccccc2)cc(C(C)C)c1C=C[C@@H](O)C[C@@H](O)CC(=O)O. The fourth-order valence-corrected chi connectivity index (χ4v) is 3.93. The summed E-state index contributed by atoms with van der Waals surface area (Å²) in [6, 6.07) is 16.4. The summed E-state index contributed by atoms with van der Waals surface area (Å²) in [4.78, 5) is 15.7. The van der Waals surface area contributed by atoms with Crippen LogP contribution in [0.3, 0.4) is 0 Å². The van der Waals surface area contributed by atoms with Crippen LogP contribution in [0.1, 0.15) is 49.3 Å². The normalized spacial score (nSPS) is 13.4. The second-order valence-electron chi connectivity index (χ2n) is 8.75. The minimum Gasteiger partial charge on any atom is -0.481 e. The quantitative estimate of drug-likeness (QED) is 0.385. The Morgan fingerprint density at radius 2 is 1.79 bits per heavy atom. The molecule has 0 amide bonds. The van der Waals surface area contributed by atoms with Gasteiger partial charge in [0.05, 0.1) is 30.0 Å². The summed E-state index contributed by atoms with van der Waals surface area (Å²) in [6.07, 6.45) is 0.575. The number of aliphatic hydroxyl groups excluding tert-OH is 2. The largest absolute Gasteiger partial charge is 0.481 e. The minimum absolute atomic E-state index is 0.0970. The zero-order valence-corrected chi connectivity index (χ0v) is 19.6. The molecule has 3 rings (SSSR count). The van der Waals surface area contributed by atoms with Gasteiger partial charge in [-0.25, -0.2) is 9.37 Å². The fraction of sp³-hybridized carbons (Fsp3) is 0.286. The summed E-state index contributed by atoms with van der Waals surface area (Å²) in [5.41, 5.74) is 5.71. The summed E-state index contributed by atoms with van der Waals surface area (Å²) in [5.74, 6) is -1.33. The number of aryl methyl sites for hydroxylation is 1. The number of aliphatic carboxylic acids is 1. The molecule has 0 aliphatic rings. The molecule has 5 nitrogen and oxygen atoms in total. The smallest absolute Gasteiger partial charge is 0.305 e. The first-order valence-electron chi connectivity index (χ1n) is 11.3. The third kappa shape index (κ3) is 6.37. The number of halogens is 1. The Kier molecular flexibility index (Phi) is 8.31. The van der Waals surface area contributed by atoms with Gasteiger partial charge in [-0.2, -0.15) is 0 Å². The topological polar surface area (TPSA) is 90.7 Å². The van der Waals surface area contributed by atoms with Crippen molar-refractivity contribution < 1.29 is 24.5 Å². The Balaban J connectivity index is 2.13. The third-order valence-electron chi connectivity index (χ3n) is 5.63. The van der Waals surface area contributed by atoms with Crippen molar-refractivity contribution in [2.45, 2.75) is 51.7 Å². The van der Waals surface area contributed by atoms with Crippen LogP contribution in [-0.2, 0) is 4.79 Å². The zero-order chi connectivity index (χ0) is 24.8. The van der Waals surface area contributed by atoms with Crippen LogP contribution in [0.25, 0.3) is 28.6 Å². The summed E-state index contributed by atoms with van der Waals surface area (Å²) in [6.45, 7) is 5.96. The van der Waals surface area contributed by atoms with E-state index in [1.807, 2.05) is 43.3 Å². The van der Waals surface area contributed by atoms with Gasteiger partial charge in [0.2, 0.25) is 0 Å². The Hall–Kier alpha value is -3.35. The Morgan fingerprint density at radius 1 is 1.09 bits per heavy atom. The van der Waals surface area contributed by atoms with Crippen LogP contribution in [0.15, 0.2) is 60.7 Å². The average Bonchev–Trinajstić information content (AvgIpc) is 2.77. The number of carboxylic acids is 1. The highest BCUT2D eigenvalue weighted by Crippen LogP contribution is 2.35. The van der Waals surface area contributed by atoms with E-state index in [1.54, 1.807) is 18.2 Å². The van der Waals surface area contributed by atoms with Gasteiger partial charge in [0.25, 0.3) is 0 Å². The Morgan fingerprint density at radius 3 is 2.41 bits per heavy atom. The molecule has 0 fully saturated rings. The molecular formula is C28H30FNO4. The van der Waals surface area contributed by atoms with Crippen LogP contribution in [0.5, 0.6) is 0 Å². The van der Waals surface area contributed by atoms with Crippen LogP contribution in [0.4, 0.5) is 4.39 Å².